The Labute approximate surface area is 92.4 Å². The van der Waals surface area contributed by atoms with Crippen LogP contribution in [0.15, 0.2) is 46.7 Å². The Morgan fingerprint density at radius 3 is 2.81 bits per heavy atom. The fraction of sp³-hybridized carbons (Fsp3) is 0. The predicted octanol–water partition coefficient (Wildman–Crippen LogP) is 1.49. The Morgan fingerprint density at radius 2 is 2.00 bits per heavy atom. The van der Waals surface area contributed by atoms with Gasteiger partial charge in [0.2, 0.25) is 0 Å². The van der Waals surface area contributed by atoms with E-state index in [2.05, 4.69) is 15.8 Å². The lowest BCUT2D eigenvalue weighted by Crippen LogP contribution is -2.16. The number of amides is 1. The van der Waals surface area contributed by atoms with Gasteiger partial charge in [-0.1, -0.05) is 24.3 Å². The lowest BCUT2D eigenvalue weighted by atomic mass is 10.1. The van der Waals surface area contributed by atoms with Crippen molar-refractivity contribution in [1.29, 1.82) is 0 Å². The van der Waals surface area contributed by atoms with Gasteiger partial charge in [-0.3, -0.25) is 4.79 Å². The molecule has 4 nitrogen and oxygen atoms in total. The minimum atomic E-state index is -0.175. The average Bonchev–Trinajstić information content (AvgIpc) is 2.75. The summed E-state index contributed by atoms with van der Waals surface area (Å²) in [6, 6.07) is 7.93. The maximum absolute atomic E-state index is 11.4. The van der Waals surface area contributed by atoms with Crippen LogP contribution in [0.3, 0.4) is 0 Å². The molecule has 0 aromatic heterocycles. The number of allylic oxidation sites excluding steroid dienone is 1. The summed E-state index contributed by atoms with van der Waals surface area (Å²) < 4.78 is 0. The first-order valence-corrected chi connectivity index (χ1v) is 4.96. The molecule has 1 amide bonds. The first-order valence-electron chi connectivity index (χ1n) is 4.96. The van der Waals surface area contributed by atoms with Gasteiger partial charge in [0, 0.05) is 5.69 Å². The third kappa shape index (κ3) is 1.32. The van der Waals surface area contributed by atoms with Crippen LogP contribution in [0.2, 0.25) is 0 Å². The van der Waals surface area contributed by atoms with Crippen LogP contribution in [-0.4, -0.2) is 12.1 Å². The van der Waals surface area contributed by atoms with Gasteiger partial charge in [-0.05, 0) is 17.7 Å². The molecule has 0 atom stereocenters. The number of hydrogen-bond acceptors (Lipinski definition) is 3. The van der Waals surface area contributed by atoms with Gasteiger partial charge in [0.1, 0.15) is 0 Å². The molecule has 0 fully saturated rings. The van der Waals surface area contributed by atoms with Crippen molar-refractivity contribution in [3.05, 3.63) is 47.2 Å². The van der Waals surface area contributed by atoms with Crippen LogP contribution in [-0.2, 0) is 4.79 Å². The van der Waals surface area contributed by atoms with Crippen LogP contribution in [0.5, 0.6) is 0 Å². The van der Waals surface area contributed by atoms with Crippen LogP contribution < -0.4 is 10.7 Å². The molecule has 0 bridgehead atoms. The highest BCUT2D eigenvalue weighted by atomic mass is 16.2. The normalized spacial score (nSPS) is 21.6. The molecule has 0 saturated heterocycles. The summed E-state index contributed by atoms with van der Waals surface area (Å²) in [5, 5.41) is 6.93. The summed E-state index contributed by atoms with van der Waals surface area (Å²) >= 11 is 0. The highest BCUT2D eigenvalue weighted by molar-refractivity contribution is 6.17. The van der Waals surface area contributed by atoms with Gasteiger partial charge >= 0.3 is 0 Å². The van der Waals surface area contributed by atoms with Gasteiger partial charge < -0.3 is 5.32 Å². The fourth-order valence-corrected chi connectivity index (χ4v) is 1.74. The number of nitrogens with zero attached hydrogens (tertiary/aromatic N) is 1. The van der Waals surface area contributed by atoms with Crippen LogP contribution >= 0.6 is 0 Å². The van der Waals surface area contributed by atoms with Crippen LogP contribution in [0.4, 0.5) is 5.69 Å². The average molecular weight is 211 g/mol. The van der Waals surface area contributed by atoms with E-state index in [9.17, 15) is 4.79 Å². The second-order valence-electron chi connectivity index (χ2n) is 3.57. The van der Waals surface area contributed by atoms with E-state index in [1.165, 1.54) is 6.21 Å². The molecule has 2 N–H and O–H groups in total. The Morgan fingerprint density at radius 1 is 1.12 bits per heavy atom. The number of carbonyl (C=O) groups is 1. The third-order valence-corrected chi connectivity index (χ3v) is 2.55. The zero-order chi connectivity index (χ0) is 11.0. The summed E-state index contributed by atoms with van der Waals surface area (Å²) in [5.41, 5.74) is 5.84. The van der Waals surface area contributed by atoms with Gasteiger partial charge in [0.25, 0.3) is 5.91 Å². The molecule has 3 rings (SSSR count). The molecular formula is C12H9N3O. The molecule has 4 heteroatoms. The van der Waals surface area contributed by atoms with E-state index in [1.807, 2.05) is 36.4 Å². The van der Waals surface area contributed by atoms with Gasteiger partial charge in [-0.25, -0.2) is 5.43 Å². The molecule has 2 aliphatic heterocycles. The number of hydrazone groups is 1. The van der Waals surface area contributed by atoms with E-state index in [0.29, 0.717) is 5.57 Å². The predicted molar refractivity (Wildman–Crippen MR) is 62.8 cm³/mol. The summed E-state index contributed by atoms with van der Waals surface area (Å²) in [6.07, 6.45) is 5.39. The number of hydrogen-bond donors (Lipinski definition) is 2. The number of nitrogens with one attached hydrogen (secondary N) is 2. The van der Waals surface area contributed by atoms with E-state index < -0.39 is 0 Å². The highest BCUT2D eigenvalue weighted by Crippen LogP contribution is 2.25. The Hall–Kier alpha value is -2.36. The van der Waals surface area contributed by atoms with Crippen molar-refractivity contribution in [3.8, 4) is 0 Å². The largest absolute Gasteiger partial charge is 0.354 e. The van der Waals surface area contributed by atoms with E-state index >= 15 is 0 Å². The lowest BCUT2D eigenvalue weighted by Gasteiger charge is -2.16. The molecule has 0 spiro atoms. The molecule has 2 aliphatic rings. The first-order chi connectivity index (χ1) is 7.84. The quantitative estimate of drug-likeness (QED) is 0.639. The molecule has 1 aromatic rings. The topological polar surface area (TPSA) is 53.5 Å². The minimum Gasteiger partial charge on any atom is -0.354 e. The number of anilines is 1. The van der Waals surface area contributed by atoms with Crippen LogP contribution in [0.25, 0.3) is 6.08 Å². The van der Waals surface area contributed by atoms with Crippen molar-refractivity contribution in [1.82, 2.24) is 5.43 Å². The van der Waals surface area contributed by atoms with Crippen LogP contribution in [0.1, 0.15) is 5.56 Å². The molecule has 2 heterocycles. The van der Waals surface area contributed by atoms with Crippen molar-refractivity contribution in [2.75, 3.05) is 5.32 Å². The Balaban J connectivity index is 2.06. The highest BCUT2D eigenvalue weighted by Gasteiger charge is 2.18. The van der Waals surface area contributed by atoms with E-state index in [0.717, 1.165) is 16.9 Å². The maximum atomic E-state index is 11.4. The van der Waals surface area contributed by atoms with Gasteiger partial charge in [0.15, 0.2) is 0 Å². The molecule has 16 heavy (non-hydrogen) atoms. The number of para-hydroxylation sites is 1. The zero-order valence-corrected chi connectivity index (χ0v) is 8.40. The van der Waals surface area contributed by atoms with Crippen molar-refractivity contribution >= 4 is 23.9 Å². The summed E-state index contributed by atoms with van der Waals surface area (Å²) in [7, 11) is 0. The van der Waals surface area contributed by atoms with Crippen LogP contribution in [0, 0.1) is 0 Å². The van der Waals surface area contributed by atoms with Crippen molar-refractivity contribution in [3.63, 3.8) is 0 Å². The monoisotopic (exact) mass is 211 g/mol. The number of rotatable bonds is 0. The molecule has 0 aliphatic carbocycles. The Bertz CT molecular complexity index is 555. The second-order valence-corrected chi connectivity index (χ2v) is 3.57. The SMILES string of the molecule is O=C1NN=C/C1=C1\C=Cc2ccccc2N1. The van der Waals surface area contributed by atoms with Crippen molar-refractivity contribution in [2.24, 2.45) is 5.10 Å². The maximum Gasteiger partial charge on any atom is 0.275 e. The fourth-order valence-electron chi connectivity index (χ4n) is 1.74. The van der Waals surface area contributed by atoms with Crippen molar-refractivity contribution < 1.29 is 4.79 Å². The van der Waals surface area contributed by atoms with Gasteiger partial charge in [0.05, 0.1) is 17.5 Å². The summed E-state index contributed by atoms with van der Waals surface area (Å²) in [5.74, 6) is -0.175. The first kappa shape index (κ1) is 8.91. The van der Waals surface area contributed by atoms with Gasteiger partial charge in [-0.15, -0.1) is 0 Å². The molecule has 0 unspecified atom stereocenters. The van der Waals surface area contributed by atoms with Crippen molar-refractivity contribution in [2.45, 2.75) is 0 Å². The van der Waals surface area contributed by atoms with E-state index in [-0.39, 0.29) is 5.91 Å². The minimum absolute atomic E-state index is 0.175. The number of carbonyl (C=O) groups excluding carboxylic acids is 1. The standard InChI is InChI=1S/C12H9N3O/c16-12-9(7-13-15-12)11-6-5-8-3-1-2-4-10(8)14-11/h1-7,14H,(H,15,16)/b11-9-. The van der Waals surface area contributed by atoms with E-state index in [1.54, 1.807) is 0 Å². The second kappa shape index (κ2) is 3.34. The zero-order valence-electron chi connectivity index (χ0n) is 8.40. The summed E-state index contributed by atoms with van der Waals surface area (Å²) in [6.45, 7) is 0. The smallest absolute Gasteiger partial charge is 0.275 e. The number of fused-ring (bicyclic) bond motifs is 1. The Kier molecular flexibility index (Phi) is 1.86. The van der Waals surface area contributed by atoms with E-state index in [4.69, 9.17) is 0 Å². The lowest BCUT2D eigenvalue weighted by molar-refractivity contribution is -0.116. The van der Waals surface area contributed by atoms with Gasteiger partial charge in [-0.2, -0.15) is 5.10 Å². The summed E-state index contributed by atoms with van der Waals surface area (Å²) in [4.78, 5) is 11.4. The molecular weight excluding hydrogens is 202 g/mol. The number of benzene rings is 1. The third-order valence-electron chi connectivity index (χ3n) is 2.55. The molecule has 0 radical (unpaired) electrons. The molecule has 1 aromatic carbocycles. The molecule has 0 saturated carbocycles. The molecule has 78 valence electrons.